The SMILES string of the molecule is COc1ccc(N2C(=O)C(O)=C(C(=O)/C=C\c3ccccc3)[C@@H]2c2ccc(N(C)C)cc2)cc1. The molecule has 4 rings (SSSR count). The fraction of sp³-hybridized carbons (Fsp3) is 0.143. The highest BCUT2D eigenvalue weighted by atomic mass is 16.5. The van der Waals surface area contributed by atoms with E-state index in [9.17, 15) is 14.7 Å². The lowest BCUT2D eigenvalue weighted by atomic mass is 9.95. The summed E-state index contributed by atoms with van der Waals surface area (Å²) in [7, 11) is 5.44. The van der Waals surface area contributed by atoms with Crippen LogP contribution in [0.25, 0.3) is 6.08 Å². The summed E-state index contributed by atoms with van der Waals surface area (Å²) in [6, 6.07) is 23.1. The topological polar surface area (TPSA) is 70.1 Å². The summed E-state index contributed by atoms with van der Waals surface area (Å²) in [4.78, 5) is 29.9. The number of ether oxygens (including phenoxy) is 1. The van der Waals surface area contributed by atoms with E-state index >= 15 is 0 Å². The number of allylic oxidation sites excluding steroid dienone is 1. The minimum atomic E-state index is -0.773. The average Bonchev–Trinajstić information content (AvgIpc) is 3.13. The fourth-order valence-electron chi connectivity index (χ4n) is 3.96. The number of methoxy groups -OCH3 is 1. The van der Waals surface area contributed by atoms with Crippen LogP contribution in [0.3, 0.4) is 0 Å². The third-order valence-corrected chi connectivity index (χ3v) is 5.78. The molecule has 34 heavy (non-hydrogen) atoms. The molecule has 3 aromatic rings. The second-order valence-electron chi connectivity index (χ2n) is 8.13. The van der Waals surface area contributed by atoms with Gasteiger partial charge in [-0.2, -0.15) is 0 Å². The molecule has 1 aliphatic heterocycles. The van der Waals surface area contributed by atoms with Crippen molar-refractivity contribution < 1.29 is 19.4 Å². The van der Waals surface area contributed by atoms with E-state index in [0.29, 0.717) is 11.4 Å². The Labute approximate surface area is 199 Å². The van der Waals surface area contributed by atoms with Crippen molar-refractivity contribution in [3.8, 4) is 5.75 Å². The molecule has 0 aromatic heterocycles. The van der Waals surface area contributed by atoms with E-state index in [-0.39, 0.29) is 5.57 Å². The van der Waals surface area contributed by atoms with Crippen LogP contribution in [0.1, 0.15) is 17.2 Å². The molecule has 1 N–H and O–H groups in total. The number of aliphatic hydroxyl groups is 1. The van der Waals surface area contributed by atoms with Crippen molar-refractivity contribution in [2.24, 2.45) is 0 Å². The van der Waals surface area contributed by atoms with Crippen LogP contribution in [0, 0.1) is 0 Å². The summed E-state index contributed by atoms with van der Waals surface area (Å²) in [6.07, 6.45) is 3.07. The van der Waals surface area contributed by atoms with Crippen LogP contribution in [0.5, 0.6) is 5.75 Å². The van der Waals surface area contributed by atoms with Crippen molar-refractivity contribution in [3.05, 3.63) is 107 Å². The Kier molecular flexibility index (Phi) is 6.50. The average molecular weight is 455 g/mol. The minimum Gasteiger partial charge on any atom is -0.503 e. The number of anilines is 2. The fourth-order valence-corrected chi connectivity index (χ4v) is 3.96. The highest BCUT2D eigenvalue weighted by molar-refractivity contribution is 6.19. The first-order chi connectivity index (χ1) is 16.4. The van der Waals surface area contributed by atoms with Crippen molar-refractivity contribution in [2.75, 3.05) is 31.0 Å². The van der Waals surface area contributed by atoms with E-state index in [1.54, 1.807) is 37.5 Å². The molecule has 0 saturated carbocycles. The number of benzene rings is 3. The summed E-state index contributed by atoms with van der Waals surface area (Å²) in [5, 5.41) is 10.8. The van der Waals surface area contributed by atoms with Gasteiger partial charge in [0.05, 0.1) is 18.7 Å². The first kappa shape index (κ1) is 22.9. The van der Waals surface area contributed by atoms with Gasteiger partial charge in [0.2, 0.25) is 0 Å². The molecule has 0 saturated heterocycles. The van der Waals surface area contributed by atoms with Crippen molar-refractivity contribution in [1.29, 1.82) is 0 Å². The third kappa shape index (κ3) is 4.43. The number of carbonyl (C=O) groups is 2. The van der Waals surface area contributed by atoms with E-state index in [1.165, 1.54) is 11.0 Å². The molecule has 6 nitrogen and oxygen atoms in total. The molecule has 1 aliphatic rings. The smallest absolute Gasteiger partial charge is 0.294 e. The highest BCUT2D eigenvalue weighted by Crippen LogP contribution is 2.41. The van der Waals surface area contributed by atoms with Gasteiger partial charge in [-0.3, -0.25) is 14.5 Å². The second-order valence-corrected chi connectivity index (χ2v) is 8.13. The minimum absolute atomic E-state index is 0.0469. The van der Waals surface area contributed by atoms with Crippen LogP contribution < -0.4 is 14.5 Å². The van der Waals surface area contributed by atoms with Gasteiger partial charge in [-0.15, -0.1) is 0 Å². The molecule has 1 heterocycles. The van der Waals surface area contributed by atoms with E-state index in [1.807, 2.05) is 73.6 Å². The van der Waals surface area contributed by atoms with Crippen molar-refractivity contribution >= 4 is 29.1 Å². The van der Waals surface area contributed by atoms with E-state index in [2.05, 4.69) is 0 Å². The van der Waals surface area contributed by atoms with Gasteiger partial charge >= 0.3 is 0 Å². The van der Waals surface area contributed by atoms with Gasteiger partial charge in [-0.05, 0) is 53.6 Å². The van der Waals surface area contributed by atoms with Crippen LogP contribution in [0.15, 0.2) is 96.3 Å². The standard InChI is InChI=1S/C28H26N2O4/c1-29(2)21-12-10-20(11-13-21)26-25(24(31)18-9-19-7-5-4-6-8-19)27(32)28(33)30(26)22-14-16-23(34-3)17-15-22/h4-18,26,32H,1-3H3/b18-9-/t26-/m0/s1. The van der Waals surface area contributed by atoms with E-state index in [4.69, 9.17) is 4.74 Å². The summed E-state index contributed by atoms with van der Waals surface area (Å²) < 4.78 is 5.23. The van der Waals surface area contributed by atoms with Crippen molar-refractivity contribution in [3.63, 3.8) is 0 Å². The van der Waals surface area contributed by atoms with Gasteiger partial charge in [-0.1, -0.05) is 48.5 Å². The molecule has 1 atom stereocenters. The number of amides is 1. The predicted octanol–water partition coefficient (Wildman–Crippen LogP) is 4.94. The normalized spacial score (nSPS) is 15.8. The Morgan fingerprint density at radius 3 is 2.21 bits per heavy atom. The van der Waals surface area contributed by atoms with Gasteiger partial charge in [-0.25, -0.2) is 0 Å². The Bertz CT molecular complexity index is 1240. The quantitative estimate of drug-likeness (QED) is 0.512. The molecule has 0 radical (unpaired) electrons. The highest BCUT2D eigenvalue weighted by Gasteiger charge is 2.43. The summed E-state index contributed by atoms with van der Waals surface area (Å²) in [6.45, 7) is 0. The first-order valence-electron chi connectivity index (χ1n) is 10.9. The molecule has 6 heteroatoms. The van der Waals surface area contributed by atoms with Gasteiger partial charge in [0, 0.05) is 25.5 Å². The predicted molar refractivity (Wildman–Crippen MR) is 134 cm³/mol. The van der Waals surface area contributed by atoms with E-state index < -0.39 is 23.5 Å². The molecule has 0 aliphatic carbocycles. The van der Waals surface area contributed by atoms with Crippen LogP contribution in [0.2, 0.25) is 0 Å². The third-order valence-electron chi connectivity index (χ3n) is 5.78. The molecule has 0 unspecified atom stereocenters. The lowest BCUT2D eigenvalue weighted by Gasteiger charge is -2.27. The Morgan fingerprint density at radius 1 is 0.971 bits per heavy atom. The zero-order valence-electron chi connectivity index (χ0n) is 19.3. The Balaban J connectivity index is 1.77. The number of aliphatic hydroxyl groups excluding tert-OH is 1. The molecule has 0 fully saturated rings. The zero-order chi connectivity index (χ0) is 24.2. The van der Waals surface area contributed by atoms with Gasteiger partial charge in [0.15, 0.2) is 11.5 Å². The summed E-state index contributed by atoms with van der Waals surface area (Å²) in [5.74, 6) is -0.947. The Hall–Kier alpha value is -4.32. The van der Waals surface area contributed by atoms with Crippen LogP contribution >= 0.6 is 0 Å². The molecule has 0 spiro atoms. The second kappa shape index (κ2) is 9.67. The van der Waals surface area contributed by atoms with Gasteiger partial charge in [0.1, 0.15) is 5.75 Å². The maximum Gasteiger partial charge on any atom is 0.294 e. The number of carbonyl (C=O) groups excluding carboxylic acids is 2. The lowest BCUT2D eigenvalue weighted by Crippen LogP contribution is -2.30. The molecule has 172 valence electrons. The maximum atomic E-state index is 13.3. The van der Waals surface area contributed by atoms with Crippen molar-refractivity contribution in [2.45, 2.75) is 6.04 Å². The summed E-state index contributed by atoms with van der Waals surface area (Å²) in [5.41, 5.74) is 3.14. The van der Waals surface area contributed by atoms with E-state index in [0.717, 1.165) is 16.8 Å². The molecule has 3 aromatic carbocycles. The number of ketones is 1. The summed E-state index contributed by atoms with van der Waals surface area (Å²) >= 11 is 0. The zero-order valence-corrected chi connectivity index (χ0v) is 19.3. The molecular formula is C28H26N2O4. The molecular weight excluding hydrogens is 428 g/mol. The number of hydrogen-bond donors (Lipinski definition) is 1. The monoisotopic (exact) mass is 454 g/mol. The number of hydrogen-bond acceptors (Lipinski definition) is 5. The number of rotatable bonds is 7. The van der Waals surface area contributed by atoms with Crippen LogP contribution in [-0.2, 0) is 9.59 Å². The lowest BCUT2D eigenvalue weighted by molar-refractivity contribution is -0.117. The molecule has 1 amide bonds. The van der Waals surface area contributed by atoms with Crippen molar-refractivity contribution in [1.82, 2.24) is 0 Å². The van der Waals surface area contributed by atoms with Crippen LogP contribution in [-0.4, -0.2) is 38.0 Å². The van der Waals surface area contributed by atoms with Gasteiger partial charge < -0.3 is 14.7 Å². The first-order valence-corrected chi connectivity index (χ1v) is 10.9. The number of nitrogens with zero attached hydrogens (tertiary/aromatic N) is 2. The van der Waals surface area contributed by atoms with Crippen LogP contribution in [0.4, 0.5) is 11.4 Å². The van der Waals surface area contributed by atoms with Gasteiger partial charge in [0.25, 0.3) is 5.91 Å². The Morgan fingerprint density at radius 2 is 1.62 bits per heavy atom. The molecule has 0 bridgehead atoms. The largest absolute Gasteiger partial charge is 0.503 e. The maximum absolute atomic E-state index is 13.3.